The van der Waals surface area contributed by atoms with Gasteiger partial charge < -0.3 is 9.84 Å². The van der Waals surface area contributed by atoms with Gasteiger partial charge in [-0.2, -0.15) is 0 Å². The monoisotopic (exact) mass is 170 g/mol. The van der Waals surface area contributed by atoms with E-state index in [-0.39, 0.29) is 6.42 Å². The molecule has 0 unspecified atom stereocenters. The molecule has 0 bridgehead atoms. The van der Waals surface area contributed by atoms with Crippen LogP contribution in [0.1, 0.15) is 19.3 Å². The van der Waals surface area contributed by atoms with Crippen molar-refractivity contribution in [2.45, 2.75) is 19.3 Å². The Morgan fingerprint density at radius 2 is 2.08 bits per heavy atom. The number of carboxylic acid groups (broad SMARTS) is 1. The average Bonchev–Trinajstić information content (AvgIpc) is 2.05. The first-order valence-electron chi connectivity index (χ1n) is 4.17. The Balaban J connectivity index is 2.34. The van der Waals surface area contributed by atoms with E-state index in [1.165, 1.54) is 0 Å². The topological polar surface area (TPSA) is 46.5 Å². The lowest BCUT2D eigenvalue weighted by atomic mass is 9.91. The molecule has 0 atom stereocenters. The molecule has 0 amide bonds. The van der Waals surface area contributed by atoms with Gasteiger partial charge >= 0.3 is 5.97 Å². The van der Waals surface area contributed by atoms with E-state index in [1.54, 1.807) is 0 Å². The molecule has 0 aromatic carbocycles. The van der Waals surface area contributed by atoms with Gasteiger partial charge in [0.2, 0.25) is 0 Å². The molecule has 1 aliphatic rings. The molecule has 0 aromatic heterocycles. The number of ether oxygens (including phenoxy) is 1. The molecule has 1 heterocycles. The van der Waals surface area contributed by atoms with Crippen LogP contribution in [0.15, 0.2) is 12.2 Å². The summed E-state index contributed by atoms with van der Waals surface area (Å²) < 4.78 is 5.17. The predicted molar refractivity (Wildman–Crippen MR) is 44.9 cm³/mol. The molecule has 1 fully saturated rings. The third-order valence-electron chi connectivity index (χ3n) is 2.18. The van der Waals surface area contributed by atoms with Gasteiger partial charge in [0, 0.05) is 13.2 Å². The molecule has 3 heteroatoms. The first-order chi connectivity index (χ1) is 5.70. The molecule has 0 radical (unpaired) electrons. The maximum atomic E-state index is 10.4. The number of aliphatic carboxylic acids is 1. The Kier molecular flexibility index (Phi) is 3.29. The fourth-order valence-electron chi connectivity index (χ4n) is 1.44. The minimum atomic E-state index is -0.786. The smallest absolute Gasteiger partial charge is 0.307 e. The summed E-state index contributed by atoms with van der Waals surface area (Å²) in [6.07, 6.45) is 1.95. The van der Waals surface area contributed by atoms with E-state index in [2.05, 4.69) is 6.58 Å². The number of hydrogen-bond acceptors (Lipinski definition) is 2. The second kappa shape index (κ2) is 4.26. The highest BCUT2D eigenvalue weighted by atomic mass is 16.5. The second-order valence-electron chi connectivity index (χ2n) is 3.12. The normalized spacial score (nSPS) is 19.0. The largest absolute Gasteiger partial charge is 0.481 e. The summed E-state index contributed by atoms with van der Waals surface area (Å²) >= 11 is 0. The van der Waals surface area contributed by atoms with Gasteiger partial charge in [-0.15, -0.1) is 0 Å². The van der Waals surface area contributed by atoms with Gasteiger partial charge in [0.15, 0.2) is 0 Å². The molecule has 1 rings (SSSR count). The minimum absolute atomic E-state index is 0.102. The molecule has 0 spiro atoms. The van der Waals surface area contributed by atoms with Crippen LogP contribution in [-0.2, 0) is 9.53 Å². The van der Waals surface area contributed by atoms with Crippen molar-refractivity contribution in [1.82, 2.24) is 0 Å². The maximum Gasteiger partial charge on any atom is 0.307 e. The summed E-state index contributed by atoms with van der Waals surface area (Å²) in [6.45, 7) is 5.26. The summed E-state index contributed by atoms with van der Waals surface area (Å²) in [7, 11) is 0. The second-order valence-corrected chi connectivity index (χ2v) is 3.12. The summed E-state index contributed by atoms with van der Waals surface area (Å²) in [6, 6.07) is 0. The van der Waals surface area contributed by atoms with Gasteiger partial charge in [-0.05, 0) is 18.8 Å². The van der Waals surface area contributed by atoms with E-state index in [0.717, 1.165) is 31.6 Å². The Morgan fingerprint density at radius 3 is 2.58 bits per heavy atom. The molecule has 1 saturated heterocycles. The molecule has 0 saturated carbocycles. The van der Waals surface area contributed by atoms with Crippen LogP contribution in [0.5, 0.6) is 0 Å². The quantitative estimate of drug-likeness (QED) is 0.652. The van der Waals surface area contributed by atoms with Crippen molar-refractivity contribution in [3.05, 3.63) is 12.2 Å². The van der Waals surface area contributed by atoms with Crippen LogP contribution in [0, 0.1) is 5.92 Å². The molecule has 68 valence electrons. The fraction of sp³-hybridized carbons (Fsp3) is 0.667. The molecule has 0 aliphatic carbocycles. The Labute approximate surface area is 72.0 Å². The van der Waals surface area contributed by atoms with Crippen molar-refractivity contribution in [3.8, 4) is 0 Å². The lowest BCUT2D eigenvalue weighted by Gasteiger charge is -2.23. The van der Waals surface area contributed by atoms with E-state index in [1.807, 2.05) is 0 Å². The lowest BCUT2D eigenvalue weighted by molar-refractivity contribution is -0.136. The Hall–Kier alpha value is -0.830. The van der Waals surface area contributed by atoms with Gasteiger partial charge in [0.1, 0.15) is 0 Å². The molecular weight excluding hydrogens is 156 g/mol. The highest BCUT2D eigenvalue weighted by Gasteiger charge is 2.17. The van der Waals surface area contributed by atoms with Gasteiger partial charge in [-0.25, -0.2) is 0 Å². The zero-order valence-corrected chi connectivity index (χ0v) is 7.08. The Morgan fingerprint density at radius 1 is 1.50 bits per heavy atom. The molecule has 1 aliphatic heterocycles. The van der Waals surface area contributed by atoms with Crippen LogP contribution >= 0.6 is 0 Å². The van der Waals surface area contributed by atoms with E-state index >= 15 is 0 Å². The molecule has 3 nitrogen and oxygen atoms in total. The van der Waals surface area contributed by atoms with E-state index < -0.39 is 5.97 Å². The van der Waals surface area contributed by atoms with Crippen molar-refractivity contribution in [2.75, 3.05) is 13.2 Å². The number of rotatable bonds is 3. The Bertz CT molecular complexity index is 180. The van der Waals surface area contributed by atoms with Crippen molar-refractivity contribution in [2.24, 2.45) is 5.92 Å². The molecule has 1 N–H and O–H groups in total. The molecular formula is C9H14O3. The summed E-state index contributed by atoms with van der Waals surface area (Å²) in [4.78, 5) is 10.4. The standard InChI is InChI=1S/C9H14O3/c1-7(6-9(10)11)8-2-4-12-5-3-8/h8H,1-6H2,(H,10,11). The molecule has 12 heavy (non-hydrogen) atoms. The van der Waals surface area contributed by atoms with Gasteiger partial charge in [-0.1, -0.05) is 12.2 Å². The van der Waals surface area contributed by atoms with Crippen molar-refractivity contribution in [1.29, 1.82) is 0 Å². The zero-order valence-electron chi connectivity index (χ0n) is 7.08. The SMILES string of the molecule is C=C(CC(=O)O)C1CCOCC1. The predicted octanol–water partition coefficient (Wildman–Crippen LogP) is 1.44. The van der Waals surface area contributed by atoms with E-state index in [0.29, 0.717) is 5.92 Å². The van der Waals surface area contributed by atoms with Gasteiger partial charge in [0.25, 0.3) is 0 Å². The van der Waals surface area contributed by atoms with Gasteiger partial charge in [0.05, 0.1) is 6.42 Å². The number of hydrogen-bond donors (Lipinski definition) is 1. The third-order valence-corrected chi connectivity index (χ3v) is 2.18. The maximum absolute atomic E-state index is 10.4. The average molecular weight is 170 g/mol. The molecule has 0 aromatic rings. The zero-order chi connectivity index (χ0) is 8.97. The first kappa shape index (κ1) is 9.26. The summed E-state index contributed by atoms with van der Waals surface area (Å²) in [5, 5.41) is 8.52. The van der Waals surface area contributed by atoms with Gasteiger partial charge in [-0.3, -0.25) is 4.79 Å². The van der Waals surface area contributed by atoms with Crippen molar-refractivity contribution < 1.29 is 14.6 Å². The fourth-order valence-corrected chi connectivity index (χ4v) is 1.44. The highest BCUT2D eigenvalue weighted by molar-refractivity contribution is 5.69. The van der Waals surface area contributed by atoms with Crippen molar-refractivity contribution in [3.63, 3.8) is 0 Å². The van der Waals surface area contributed by atoms with Crippen LogP contribution in [0.25, 0.3) is 0 Å². The number of carboxylic acids is 1. The van der Waals surface area contributed by atoms with Crippen LogP contribution in [0.2, 0.25) is 0 Å². The van der Waals surface area contributed by atoms with Crippen LogP contribution in [0.3, 0.4) is 0 Å². The minimum Gasteiger partial charge on any atom is -0.481 e. The van der Waals surface area contributed by atoms with E-state index in [9.17, 15) is 4.79 Å². The summed E-state index contributed by atoms with van der Waals surface area (Å²) in [5.74, 6) is -0.429. The third kappa shape index (κ3) is 2.66. The van der Waals surface area contributed by atoms with Crippen molar-refractivity contribution >= 4 is 5.97 Å². The highest BCUT2D eigenvalue weighted by Crippen LogP contribution is 2.23. The first-order valence-corrected chi connectivity index (χ1v) is 4.17. The van der Waals surface area contributed by atoms with E-state index in [4.69, 9.17) is 9.84 Å². The lowest BCUT2D eigenvalue weighted by Crippen LogP contribution is -2.18. The summed E-state index contributed by atoms with van der Waals surface area (Å²) in [5.41, 5.74) is 0.839. The number of carbonyl (C=O) groups is 1. The van der Waals surface area contributed by atoms with Crippen LogP contribution in [0.4, 0.5) is 0 Å². The van der Waals surface area contributed by atoms with Crippen LogP contribution < -0.4 is 0 Å². The van der Waals surface area contributed by atoms with Crippen LogP contribution in [-0.4, -0.2) is 24.3 Å².